The number of aliphatic hydroxyl groups excluding tert-OH is 1. The summed E-state index contributed by atoms with van der Waals surface area (Å²) in [6, 6.07) is 5.01. The SMILES string of the molecule is Cc1c(C(O)c2ccccc2C(F)(F)F)cnn1C. The molecule has 1 aromatic heterocycles. The second kappa shape index (κ2) is 4.70. The first-order valence-electron chi connectivity index (χ1n) is 5.65. The minimum Gasteiger partial charge on any atom is -0.384 e. The van der Waals surface area contributed by atoms with Gasteiger partial charge >= 0.3 is 6.18 Å². The van der Waals surface area contributed by atoms with Gasteiger partial charge in [0.2, 0.25) is 0 Å². The Kier molecular flexibility index (Phi) is 3.36. The van der Waals surface area contributed by atoms with E-state index in [4.69, 9.17) is 0 Å². The van der Waals surface area contributed by atoms with Crippen LogP contribution in [-0.2, 0) is 13.2 Å². The first-order valence-corrected chi connectivity index (χ1v) is 5.65. The molecule has 2 aromatic rings. The summed E-state index contributed by atoms with van der Waals surface area (Å²) in [5.41, 5.74) is 0.0144. The summed E-state index contributed by atoms with van der Waals surface area (Å²) in [7, 11) is 1.67. The van der Waals surface area contributed by atoms with Gasteiger partial charge in [-0.2, -0.15) is 18.3 Å². The maximum Gasteiger partial charge on any atom is 0.416 e. The molecule has 0 fully saturated rings. The number of aliphatic hydroxyl groups is 1. The third-order valence-corrected chi connectivity index (χ3v) is 3.13. The van der Waals surface area contributed by atoms with Crippen molar-refractivity contribution in [2.45, 2.75) is 19.2 Å². The van der Waals surface area contributed by atoms with Crippen molar-refractivity contribution in [2.75, 3.05) is 0 Å². The van der Waals surface area contributed by atoms with Crippen molar-refractivity contribution >= 4 is 0 Å². The van der Waals surface area contributed by atoms with Gasteiger partial charge in [-0.3, -0.25) is 4.68 Å². The minimum atomic E-state index is -4.49. The van der Waals surface area contributed by atoms with Crippen molar-refractivity contribution in [3.05, 3.63) is 52.8 Å². The van der Waals surface area contributed by atoms with Gasteiger partial charge in [0.25, 0.3) is 0 Å². The van der Waals surface area contributed by atoms with E-state index in [1.165, 1.54) is 29.1 Å². The minimum absolute atomic E-state index is 0.161. The van der Waals surface area contributed by atoms with Gasteiger partial charge in [0.15, 0.2) is 0 Å². The second-order valence-corrected chi connectivity index (χ2v) is 4.30. The first kappa shape index (κ1) is 13.6. The summed E-state index contributed by atoms with van der Waals surface area (Å²) in [4.78, 5) is 0. The Bertz CT molecular complexity index is 590. The van der Waals surface area contributed by atoms with E-state index in [1.807, 2.05) is 0 Å². The summed E-state index contributed by atoms with van der Waals surface area (Å²) in [5, 5.41) is 14.1. The van der Waals surface area contributed by atoms with Crippen LogP contribution in [0.15, 0.2) is 30.5 Å². The molecule has 0 aliphatic heterocycles. The van der Waals surface area contributed by atoms with Crippen LogP contribution in [0, 0.1) is 6.92 Å². The van der Waals surface area contributed by atoms with E-state index >= 15 is 0 Å². The molecule has 1 heterocycles. The van der Waals surface area contributed by atoms with Gasteiger partial charge in [0.1, 0.15) is 6.10 Å². The van der Waals surface area contributed by atoms with Gasteiger partial charge in [0, 0.05) is 18.3 Å². The Morgan fingerprint density at radius 3 is 2.37 bits per heavy atom. The first-order chi connectivity index (χ1) is 8.82. The van der Waals surface area contributed by atoms with Crippen LogP contribution in [0.2, 0.25) is 0 Å². The zero-order valence-electron chi connectivity index (χ0n) is 10.4. The van der Waals surface area contributed by atoms with Crippen LogP contribution in [0.5, 0.6) is 0 Å². The zero-order valence-corrected chi connectivity index (χ0v) is 10.4. The van der Waals surface area contributed by atoms with Gasteiger partial charge in [-0.25, -0.2) is 0 Å². The van der Waals surface area contributed by atoms with Crippen molar-refractivity contribution in [2.24, 2.45) is 7.05 Å². The van der Waals surface area contributed by atoms with Gasteiger partial charge in [-0.15, -0.1) is 0 Å². The second-order valence-electron chi connectivity index (χ2n) is 4.30. The maximum atomic E-state index is 12.9. The normalized spacial score (nSPS) is 13.6. The van der Waals surface area contributed by atoms with Crippen molar-refractivity contribution in [1.82, 2.24) is 9.78 Å². The number of aryl methyl sites for hydroxylation is 1. The van der Waals surface area contributed by atoms with Crippen LogP contribution in [-0.4, -0.2) is 14.9 Å². The summed E-state index contributed by atoms with van der Waals surface area (Å²) in [6.45, 7) is 1.70. The average molecular weight is 270 g/mol. The predicted octanol–water partition coefficient (Wildman–Crippen LogP) is 2.83. The van der Waals surface area contributed by atoms with E-state index in [9.17, 15) is 18.3 Å². The van der Waals surface area contributed by atoms with E-state index in [-0.39, 0.29) is 5.56 Å². The van der Waals surface area contributed by atoms with E-state index in [0.29, 0.717) is 11.3 Å². The molecule has 0 radical (unpaired) electrons. The number of benzene rings is 1. The number of hydrogen-bond acceptors (Lipinski definition) is 2. The van der Waals surface area contributed by atoms with E-state index in [1.54, 1.807) is 14.0 Å². The monoisotopic (exact) mass is 270 g/mol. The molecular formula is C13H13F3N2O. The number of halogens is 3. The number of aromatic nitrogens is 2. The Hall–Kier alpha value is -1.82. The molecule has 1 atom stereocenters. The van der Waals surface area contributed by atoms with Gasteiger partial charge in [-0.05, 0) is 18.6 Å². The zero-order chi connectivity index (χ0) is 14.2. The number of alkyl halides is 3. The van der Waals surface area contributed by atoms with Crippen LogP contribution in [0.3, 0.4) is 0 Å². The van der Waals surface area contributed by atoms with Crippen LogP contribution in [0.1, 0.15) is 28.5 Å². The average Bonchev–Trinajstić information content (AvgIpc) is 2.68. The third-order valence-electron chi connectivity index (χ3n) is 3.13. The van der Waals surface area contributed by atoms with Crippen molar-refractivity contribution < 1.29 is 18.3 Å². The molecule has 1 N–H and O–H groups in total. The lowest BCUT2D eigenvalue weighted by atomic mass is 9.97. The van der Waals surface area contributed by atoms with Gasteiger partial charge < -0.3 is 5.11 Å². The molecule has 0 amide bonds. The highest BCUT2D eigenvalue weighted by Crippen LogP contribution is 2.36. The molecule has 102 valence electrons. The molecule has 0 aliphatic rings. The molecule has 1 aromatic carbocycles. The molecule has 0 spiro atoms. The largest absolute Gasteiger partial charge is 0.416 e. The molecule has 0 bridgehead atoms. The molecule has 0 saturated carbocycles. The van der Waals surface area contributed by atoms with E-state index < -0.39 is 17.8 Å². The summed E-state index contributed by atoms with van der Waals surface area (Å²) in [5.74, 6) is 0. The fraction of sp³-hybridized carbons (Fsp3) is 0.308. The molecule has 6 heteroatoms. The Morgan fingerprint density at radius 1 is 1.21 bits per heavy atom. The molecule has 19 heavy (non-hydrogen) atoms. The highest BCUT2D eigenvalue weighted by atomic mass is 19.4. The van der Waals surface area contributed by atoms with Gasteiger partial charge in [-0.1, -0.05) is 18.2 Å². The third kappa shape index (κ3) is 2.49. The number of nitrogens with zero attached hydrogens (tertiary/aromatic N) is 2. The van der Waals surface area contributed by atoms with E-state index in [2.05, 4.69) is 5.10 Å². The lowest BCUT2D eigenvalue weighted by Gasteiger charge is -2.17. The fourth-order valence-electron chi connectivity index (χ4n) is 1.95. The smallest absolute Gasteiger partial charge is 0.384 e. The maximum absolute atomic E-state index is 12.9. The Balaban J connectivity index is 2.51. The summed E-state index contributed by atoms with van der Waals surface area (Å²) < 4.78 is 40.2. The van der Waals surface area contributed by atoms with Crippen molar-refractivity contribution in [1.29, 1.82) is 0 Å². The van der Waals surface area contributed by atoms with Crippen LogP contribution in [0.4, 0.5) is 13.2 Å². The van der Waals surface area contributed by atoms with Crippen molar-refractivity contribution in [3.63, 3.8) is 0 Å². The molecule has 0 aliphatic carbocycles. The Labute approximate surface area is 108 Å². The topological polar surface area (TPSA) is 38.1 Å². The number of hydrogen-bond donors (Lipinski definition) is 1. The quantitative estimate of drug-likeness (QED) is 0.911. The molecule has 1 unspecified atom stereocenters. The molecular weight excluding hydrogens is 257 g/mol. The van der Waals surface area contributed by atoms with Crippen LogP contribution >= 0.6 is 0 Å². The predicted molar refractivity (Wildman–Crippen MR) is 63.5 cm³/mol. The van der Waals surface area contributed by atoms with Crippen LogP contribution in [0.25, 0.3) is 0 Å². The lowest BCUT2D eigenvalue weighted by Crippen LogP contribution is -2.13. The highest BCUT2D eigenvalue weighted by molar-refractivity contribution is 5.38. The Morgan fingerprint density at radius 2 is 1.84 bits per heavy atom. The van der Waals surface area contributed by atoms with Gasteiger partial charge in [0.05, 0.1) is 11.8 Å². The summed E-state index contributed by atoms with van der Waals surface area (Å²) >= 11 is 0. The van der Waals surface area contributed by atoms with Crippen molar-refractivity contribution in [3.8, 4) is 0 Å². The van der Waals surface area contributed by atoms with Crippen LogP contribution < -0.4 is 0 Å². The summed E-state index contributed by atoms with van der Waals surface area (Å²) in [6.07, 6.45) is -4.45. The number of rotatable bonds is 2. The molecule has 0 saturated heterocycles. The fourth-order valence-corrected chi connectivity index (χ4v) is 1.95. The molecule has 3 nitrogen and oxygen atoms in total. The standard InChI is InChI=1S/C13H13F3N2O/c1-8-10(7-17-18(8)2)12(19)9-5-3-4-6-11(9)13(14,15)16/h3-7,12,19H,1-2H3. The molecule has 2 rings (SSSR count). The highest BCUT2D eigenvalue weighted by Gasteiger charge is 2.35. The lowest BCUT2D eigenvalue weighted by molar-refractivity contribution is -0.139. The van der Waals surface area contributed by atoms with E-state index in [0.717, 1.165) is 6.07 Å².